The van der Waals surface area contributed by atoms with Crippen LogP contribution in [0.5, 0.6) is 0 Å². The van der Waals surface area contributed by atoms with E-state index < -0.39 is 5.79 Å². The molecule has 0 saturated carbocycles. The van der Waals surface area contributed by atoms with Crippen LogP contribution in [0.4, 0.5) is 0 Å². The molecule has 1 aromatic rings. The summed E-state index contributed by atoms with van der Waals surface area (Å²) in [5.74, 6) is -0.282. The van der Waals surface area contributed by atoms with Crippen LogP contribution in [0.1, 0.15) is 32.3 Å². The highest BCUT2D eigenvalue weighted by molar-refractivity contribution is 9.10. The molecule has 2 unspecified atom stereocenters. The summed E-state index contributed by atoms with van der Waals surface area (Å²) in [6.45, 7) is 10.1. The number of hydrogen-bond acceptors (Lipinski definition) is 4. The Morgan fingerprint density at radius 3 is 2.67 bits per heavy atom. The summed E-state index contributed by atoms with van der Waals surface area (Å²) >= 11 is 3.49. The zero-order chi connectivity index (χ0) is 19.4. The van der Waals surface area contributed by atoms with Crippen molar-refractivity contribution in [3.05, 3.63) is 52.8 Å². The van der Waals surface area contributed by atoms with Crippen molar-refractivity contribution in [3.63, 3.8) is 0 Å². The number of benzene rings is 1. The molecule has 2 atom stereocenters. The first-order valence-corrected chi connectivity index (χ1v) is 10.2. The zero-order valence-electron chi connectivity index (χ0n) is 15.9. The van der Waals surface area contributed by atoms with Gasteiger partial charge in [-0.05, 0) is 35.6 Å². The highest BCUT2D eigenvalue weighted by atomic mass is 79.9. The molecule has 5 nitrogen and oxygen atoms in total. The van der Waals surface area contributed by atoms with Crippen LogP contribution in [0.25, 0.3) is 5.57 Å². The molecular formula is C21H27BrN2O3. The molecule has 0 radical (unpaired) electrons. The van der Waals surface area contributed by atoms with E-state index in [9.17, 15) is 4.79 Å². The van der Waals surface area contributed by atoms with E-state index in [-0.39, 0.29) is 6.04 Å². The molecule has 1 aromatic carbocycles. The first-order valence-electron chi connectivity index (χ1n) is 9.38. The lowest BCUT2D eigenvalue weighted by molar-refractivity contribution is -0.148. The van der Waals surface area contributed by atoms with Gasteiger partial charge in [-0.1, -0.05) is 48.5 Å². The lowest BCUT2D eigenvalue weighted by atomic mass is 9.92. The van der Waals surface area contributed by atoms with Crippen LogP contribution >= 0.6 is 15.9 Å². The van der Waals surface area contributed by atoms with E-state index in [4.69, 9.17) is 9.47 Å². The number of nitrogens with zero attached hydrogens (tertiary/aromatic N) is 1. The normalized spacial score (nSPS) is 22.9. The number of amides is 1. The largest absolute Gasteiger partial charge is 0.363 e. The third-order valence-corrected chi connectivity index (χ3v) is 5.94. The van der Waals surface area contributed by atoms with Crippen LogP contribution in [0.3, 0.4) is 0 Å². The maximum absolute atomic E-state index is 11.5. The number of halogens is 1. The second kappa shape index (κ2) is 8.59. The Balaban J connectivity index is 1.76. The second-order valence-electron chi connectivity index (χ2n) is 7.19. The Morgan fingerprint density at radius 1 is 1.41 bits per heavy atom. The van der Waals surface area contributed by atoms with Gasteiger partial charge in [0.05, 0.1) is 25.8 Å². The third kappa shape index (κ3) is 4.45. The summed E-state index contributed by atoms with van der Waals surface area (Å²) in [4.78, 5) is 13.2. The fourth-order valence-corrected chi connectivity index (χ4v) is 3.91. The molecular weight excluding hydrogens is 408 g/mol. The van der Waals surface area contributed by atoms with E-state index in [1.165, 1.54) is 11.1 Å². The van der Waals surface area contributed by atoms with Gasteiger partial charge in [0, 0.05) is 22.8 Å². The fourth-order valence-electron chi connectivity index (χ4n) is 3.64. The zero-order valence-corrected chi connectivity index (χ0v) is 17.5. The van der Waals surface area contributed by atoms with E-state index in [1.807, 2.05) is 18.3 Å². The molecule has 0 aliphatic carbocycles. The van der Waals surface area contributed by atoms with Gasteiger partial charge in [0.25, 0.3) is 0 Å². The predicted molar refractivity (Wildman–Crippen MR) is 110 cm³/mol. The van der Waals surface area contributed by atoms with E-state index in [0.29, 0.717) is 32.1 Å². The smallest absolute Gasteiger partial charge is 0.210 e. The van der Waals surface area contributed by atoms with Crippen molar-refractivity contribution in [1.82, 2.24) is 10.2 Å². The van der Waals surface area contributed by atoms with Gasteiger partial charge in [-0.3, -0.25) is 4.79 Å². The quantitative estimate of drug-likeness (QED) is 0.660. The van der Waals surface area contributed by atoms with E-state index in [1.54, 1.807) is 4.90 Å². The number of likely N-dealkylation sites (tertiary alicyclic amines) is 1. The van der Waals surface area contributed by atoms with Crippen LogP contribution < -0.4 is 5.32 Å². The van der Waals surface area contributed by atoms with E-state index >= 15 is 0 Å². The van der Waals surface area contributed by atoms with Crippen molar-refractivity contribution in [2.24, 2.45) is 5.92 Å². The summed E-state index contributed by atoms with van der Waals surface area (Å²) in [5.41, 5.74) is 3.16. The minimum Gasteiger partial charge on any atom is -0.363 e. The van der Waals surface area contributed by atoms with Gasteiger partial charge in [-0.2, -0.15) is 0 Å². The van der Waals surface area contributed by atoms with Crippen molar-refractivity contribution in [3.8, 4) is 0 Å². The first kappa shape index (κ1) is 20.1. The van der Waals surface area contributed by atoms with Gasteiger partial charge in [-0.15, -0.1) is 0 Å². The minimum atomic E-state index is -0.675. The molecule has 1 N–H and O–H groups in total. The molecule has 1 spiro atoms. The Labute approximate surface area is 169 Å². The fraction of sp³-hybridized carbons (Fsp3) is 0.476. The summed E-state index contributed by atoms with van der Waals surface area (Å²) in [5, 5.41) is 3.34. The lowest BCUT2D eigenvalue weighted by Gasteiger charge is -2.22. The summed E-state index contributed by atoms with van der Waals surface area (Å²) in [7, 11) is 0. The van der Waals surface area contributed by atoms with E-state index in [0.717, 1.165) is 23.0 Å². The number of carbonyl (C=O) groups is 1. The number of hydrogen-bond donors (Lipinski definition) is 1. The lowest BCUT2D eigenvalue weighted by Crippen LogP contribution is -2.35. The first-order chi connectivity index (χ1) is 13.0. The highest BCUT2D eigenvalue weighted by Gasteiger charge is 2.49. The van der Waals surface area contributed by atoms with Gasteiger partial charge in [-0.25, -0.2) is 0 Å². The Kier molecular flexibility index (Phi) is 6.40. The van der Waals surface area contributed by atoms with Gasteiger partial charge >= 0.3 is 0 Å². The maximum Gasteiger partial charge on any atom is 0.210 e. The molecule has 2 fully saturated rings. The van der Waals surface area contributed by atoms with Crippen LogP contribution in [-0.2, 0) is 14.3 Å². The van der Waals surface area contributed by atoms with Crippen molar-refractivity contribution < 1.29 is 14.3 Å². The number of rotatable bonds is 7. The summed E-state index contributed by atoms with van der Waals surface area (Å²) in [6.07, 6.45) is 4.50. The standard InChI is InChI=1S/C21H27BrN2O3/c1-4-15(2)19(17-5-7-18(22)8-6-17)12-23-16(3)20-11-21(13-24(20)14-25)26-9-10-27-21/h5-8,12,14-15,20,23H,3-4,9-11,13H2,1-2H3/b19-12+. The molecule has 0 aromatic heterocycles. The Hall–Kier alpha value is -1.63. The van der Waals surface area contributed by atoms with E-state index in [2.05, 4.69) is 53.8 Å². The maximum atomic E-state index is 11.5. The van der Waals surface area contributed by atoms with Crippen LogP contribution in [0, 0.1) is 5.92 Å². The Morgan fingerprint density at radius 2 is 2.07 bits per heavy atom. The number of nitrogens with one attached hydrogen (secondary N) is 1. The third-order valence-electron chi connectivity index (χ3n) is 5.41. The summed E-state index contributed by atoms with van der Waals surface area (Å²) in [6, 6.07) is 8.15. The molecule has 2 aliphatic rings. The van der Waals surface area contributed by atoms with Gasteiger partial charge < -0.3 is 19.7 Å². The number of allylic oxidation sites excluding steroid dienone is 1. The van der Waals surface area contributed by atoms with Crippen molar-refractivity contribution in [1.29, 1.82) is 0 Å². The number of ether oxygens (including phenoxy) is 2. The van der Waals surface area contributed by atoms with Gasteiger partial charge in [0.2, 0.25) is 6.41 Å². The van der Waals surface area contributed by atoms with Crippen LogP contribution in [0.15, 0.2) is 47.2 Å². The highest BCUT2D eigenvalue weighted by Crippen LogP contribution is 2.36. The van der Waals surface area contributed by atoms with Gasteiger partial charge in [0.15, 0.2) is 5.79 Å². The second-order valence-corrected chi connectivity index (χ2v) is 8.11. The molecule has 2 aliphatic heterocycles. The average Bonchev–Trinajstić information content (AvgIpc) is 3.29. The molecule has 27 heavy (non-hydrogen) atoms. The Bertz CT molecular complexity index is 711. The molecule has 2 heterocycles. The predicted octanol–water partition coefficient (Wildman–Crippen LogP) is 3.91. The summed E-state index contributed by atoms with van der Waals surface area (Å²) < 4.78 is 12.6. The molecule has 1 amide bonds. The van der Waals surface area contributed by atoms with Crippen LogP contribution in [-0.4, -0.2) is 42.9 Å². The monoisotopic (exact) mass is 434 g/mol. The molecule has 3 rings (SSSR count). The molecule has 2 saturated heterocycles. The topological polar surface area (TPSA) is 50.8 Å². The molecule has 6 heteroatoms. The molecule has 146 valence electrons. The number of carbonyl (C=O) groups excluding carboxylic acids is 1. The van der Waals surface area contributed by atoms with Crippen LogP contribution in [0.2, 0.25) is 0 Å². The SMILES string of the molecule is C=C(N/C=C(/c1ccc(Br)cc1)C(C)CC)C1CC2(CN1C=O)OCCO2. The van der Waals surface area contributed by atoms with Crippen molar-refractivity contribution in [2.45, 2.75) is 38.5 Å². The van der Waals surface area contributed by atoms with Crippen molar-refractivity contribution in [2.75, 3.05) is 19.8 Å². The van der Waals surface area contributed by atoms with Crippen molar-refractivity contribution >= 4 is 27.9 Å². The molecule has 0 bridgehead atoms. The average molecular weight is 435 g/mol. The van der Waals surface area contributed by atoms with Gasteiger partial charge in [0.1, 0.15) is 0 Å². The minimum absolute atomic E-state index is 0.153.